The summed E-state index contributed by atoms with van der Waals surface area (Å²) >= 11 is 0. The topological polar surface area (TPSA) is 136 Å². The van der Waals surface area contributed by atoms with E-state index in [9.17, 15) is 10.2 Å². The highest BCUT2D eigenvalue weighted by Gasteiger charge is 2.71. The van der Waals surface area contributed by atoms with Gasteiger partial charge < -0.3 is 26.2 Å². The number of hydrogen-bond donors (Lipinski definition) is 4. The van der Waals surface area contributed by atoms with Gasteiger partial charge in [-0.05, 0) is 54.5 Å². The summed E-state index contributed by atoms with van der Waals surface area (Å²) in [7, 11) is 0. The van der Waals surface area contributed by atoms with E-state index in [1.165, 1.54) is 6.33 Å². The monoisotopic (exact) mass is 430 g/mol. The lowest BCUT2D eigenvalue weighted by molar-refractivity contribution is -0.0204. The highest BCUT2D eigenvalue weighted by molar-refractivity contribution is 5.86. The highest BCUT2D eigenvalue weighted by Crippen LogP contribution is 2.70. The minimum Gasteiger partial charge on any atom is -0.390 e. The maximum absolute atomic E-state index is 11.1. The number of nitrogens with zero attached hydrogens (tertiary/aromatic N) is 4. The molecule has 2 aliphatic rings. The Morgan fingerprint density at radius 1 is 1.16 bits per heavy atom. The molecule has 1 unspecified atom stereocenters. The molecule has 0 aliphatic heterocycles. The molecule has 0 radical (unpaired) electrons. The van der Waals surface area contributed by atoms with Crippen LogP contribution in [-0.2, 0) is 0 Å². The smallest absolute Gasteiger partial charge is 0.145 e. The van der Waals surface area contributed by atoms with Crippen LogP contribution in [0.5, 0.6) is 0 Å². The molecule has 4 aromatic rings. The molecular formula is C24H26N6O2. The van der Waals surface area contributed by atoms with E-state index in [0.29, 0.717) is 17.3 Å². The fourth-order valence-corrected chi connectivity index (χ4v) is 6.01. The minimum absolute atomic E-state index is 0.177. The Labute approximate surface area is 184 Å². The Morgan fingerprint density at radius 2 is 1.97 bits per heavy atom. The molecule has 1 aromatic carbocycles. The quantitative estimate of drug-likeness (QED) is 0.391. The van der Waals surface area contributed by atoms with E-state index >= 15 is 0 Å². The predicted octanol–water partition coefficient (Wildman–Crippen LogP) is 2.62. The van der Waals surface area contributed by atoms with Crippen LogP contribution in [0.25, 0.3) is 21.9 Å². The summed E-state index contributed by atoms with van der Waals surface area (Å²) in [5, 5.41) is 23.9. The van der Waals surface area contributed by atoms with Gasteiger partial charge in [-0.15, -0.1) is 0 Å². The van der Waals surface area contributed by atoms with Crippen LogP contribution >= 0.6 is 0 Å². The van der Waals surface area contributed by atoms with Crippen molar-refractivity contribution in [1.29, 1.82) is 0 Å². The number of nitrogen functional groups attached to an aromatic ring is 2. The molecule has 0 amide bonds. The standard InChI is InChI=1S/C24H26N6O2/c1-12(14-3-2-13-4-5-18(25)29-17(13)8-14)9-24-10-16(24)19(20(31)21(24)32)30-7-6-15-22(26)27-11-28-23(15)30/h2-8,11-12,16,19-21,31-32H,9-10H2,1H3,(H2,25,29)(H2,26,27,28)/t12?,16-,19-,20+,21+,24-/m1/s1. The molecule has 0 bridgehead atoms. The van der Waals surface area contributed by atoms with Gasteiger partial charge in [0.25, 0.3) is 0 Å². The number of pyridine rings is 1. The fourth-order valence-electron chi connectivity index (χ4n) is 6.01. The number of benzene rings is 1. The van der Waals surface area contributed by atoms with Gasteiger partial charge in [0, 0.05) is 17.0 Å². The average Bonchev–Trinajstić information content (AvgIpc) is 3.24. The second-order valence-corrected chi connectivity index (χ2v) is 9.48. The fraction of sp³-hybridized carbons (Fsp3) is 0.375. The van der Waals surface area contributed by atoms with Crippen molar-refractivity contribution in [3.63, 3.8) is 0 Å². The van der Waals surface area contributed by atoms with Crippen molar-refractivity contribution >= 4 is 33.6 Å². The van der Waals surface area contributed by atoms with Gasteiger partial charge in [-0.25, -0.2) is 15.0 Å². The van der Waals surface area contributed by atoms with Gasteiger partial charge in [-0.2, -0.15) is 0 Å². The van der Waals surface area contributed by atoms with Crippen LogP contribution in [0.1, 0.15) is 37.3 Å². The van der Waals surface area contributed by atoms with E-state index in [1.807, 2.05) is 22.9 Å². The molecule has 2 saturated carbocycles. The molecule has 0 saturated heterocycles. The predicted molar refractivity (Wildman–Crippen MR) is 123 cm³/mol. The number of aliphatic hydroxyl groups excluding tert-OH is 2. The first-order valence-electron chi connectivity index (χ1n) is 11.0. The Bertz CT molecular complexity index is 1350. The summed E-state index contributed by atoms with van der Waals surface area (Å²) in [4.78, 5) is 12.9. The zero-order chi connectivity index (χ0) is 22.2. The average molecular weight is 431 g/mol. The summed E-state index contributed by atoms with van der Waals surface area (Å²) in [6, 6.07) is 11.7. The van der Waals surface area contributed by atoms with E-state index in [1.54, 1.807) is 6.07 Å². The molecule has 0 spiro atoms. The minimum atomic E-state index is -0.856. The largest absolute Gasteiger partial charge is 0.390 e. The van der Waals surface area contributed by atoms with Crippen LogP contribution in [0.3, 0.4) is 0 Å². The number of aromatic nitrogens is 4. The van der Waals surface area contributed by atoms with E-state index in [-0.39, 0.29) is 23.3 Å². The second-order valence-electron chi connectivity index (χ2n) is 9.48. The number of nitrogens with two attached hydrogens (primary N) is 2. The lowest BCUT2D eigenvalue weighted by atomic mass is 9.84. The van der Waals surface area contributed by atoms with Crippen LogP contribution in [0, 0.1) is 11.3 Å². The molecule has 2 aliphatic carbocycles. The maximum atomic E-state index is 11.1. The Morgan fingerprint density at radius 3 is 2.81 bits per heavy atom. The Kier molecular flexibility index (Phi) is 4.03. The van der Waals surface area contributed by atoms with Crippen molar-refractivity contribution in [3.05, 3.63) is 54.5 Å². The molecule has 2 fully saturated rings. The van der Waals surface area contributed by atoms with Gasteiger partial charge in [0.2, 0.25) is 0 Å². The number of hydrogen-bond acceptors (Lipinski definition) is 7. The molecule has 8 heteroatoms. The Hall–Kier alpha value is -3.23. The van der Waals surface area contributed by atoms with E-state index in [4.69, 9.17) is 11.5 Å². The van der Waals surface area contributed by atoms with Gasteiger partial charge in [-0.3, -0.25) is 0 Å². The lowest BCUT2D eigenvalue weighted by Gasteiger charge is -2.26. The van der Waals surface area contributed by atoms with Crippen LogP contribution in [-0.4, -0.2) is 41.9 Å². The van der Waals surface area contributed by atoms with Crippen molar-refractivity contribution in [1.82, 2.24) is 19.5 Å². The van der Waals surface area contributed by atoms with Crippen LogP contribution in [0.15, 0.2) is 48.9 Å². The van der Waals surface area contributed by atoms with Crippen molar-refractivity contribution in [3.8, 4) is 0 Å². The van der Waals surface area contributed by atoms with E-state index in [2.05, 4.69) is 40.1 Å². The SMILES string of the molecule is CC(C[C@@]12C[C@@H]1[C@@H](n1ccc3c(N)ncnc31)[C@H](O)[C@@H]2O)c1ccc2ccc(N)nc2c1. The van der Waals surface area contributed by atoms with E-state index < -0.39 is 12.2 Å². The first-order chi connectivity index (χ1) is 15.4. The van der Waals surface area contributed by atoms with Gasteiger partial charge in [0.1, 0.15) is 29.7 Å². The van der Waals surface area contributed by atoms with Crippen LogP contribution in [0.4, 0.5) is 11.6 Å². The van der Waals surface area contributed by atoms with Gasteiger partial charge in [0.15, 0.2) is 0 Å². The van der Waals surface area contributed by atoms with Gasteiger partial charge in [-0.1, -0.05) is 19.1 Å². The van der Waals surface area contributed by atoms with Gasteiger partial charge >= 0.3 is 0 Å². The molecule has 3 aromatic heterocycles. The molecule has 6 atom stereocenters. The molecule has 164 valence electrons. The molecular weight excluding hydrogens is 404 g/mol. The second kappa shape index (κ2) is 6.63. The molecule has 8 nitrogen and oxygen atoms in total. The number of fused-ring (bicyclic) bond motifs is 3. The normalized spacial score (nSPS) is 30.0. The van der Waals surface area contributed by atoms with Crippen molar-refractivity contribution in [2.75, 3.05) is 11.5 Å². The molecule has 6 N–H and O–H groups in total. The third kappa shape index (κ3) is 2.66. The summed E-state index contributed by atoms with van der Waals surface area (Å²) in [5.41, 5.74) is 14.3. The van der Waals surface area contributed by atoms with E-state index in [0.717, 1.165) is 34.7 Å². The van der Waals surface area contributed by atoms with Crippen molar-refractivity contribution in [2.24, 2.45) is 11.3 Å². The summed E-state index contributed by atoms with van der Waals surface area (Å²) in [6.45, 7) is 2.17. The zero-order valence-corrected chi connectivity index (χ0v) is 17.8. The summed E-state index contributed by atoms with van der Waals surface area (Å²) in [5.74, 6) is 1.30. The first-order valence-corrected chi connectivity index (χ1v) is 11.0. The van der Waals surface area contributed by atoms with Crippen LogP contribution < -0.4 is 11.5 Å². The molecule has 3 heterocycles. The highest BCUT2D eigenvalue weighted by atomic mass is 16.3. The maximum Gasteiger partial charge on any atom is 0.145 e. The van der Waals surface area contributed by atoms with Crippen LogP contribution in [0.2, 0.25) is 0 Å². The first kappa shape index (κ1) is 19.5. The number of anilines is 2. The van der Waals surface area contributed by atoms with Gasteiger partial charge in [0.05, 0.1) is 23.0 Å². The lowest BCUT2D eigenvalue weighted by Crippen LogP contribution is -2.34. The summed E-state index contributed by atoms with van der Waals surface area (Å²) in [6.07, 6.45) is 3.36. The zero-order valence-electron chi connectivity index (χ0n) is 17.8. The number of aliphatic hydroxyl groups is 2. The van der Waals surface area contributed by atoms with Crippen molar-refractivity contribution < 1.29 is 10.2 Å². The Balaban J connectivity index is 1.30. The molecule has 32 heavy (non-hydrogen) atoms. The molecule has 6 rings (SSSR count). The summed E-state index contributed by atoms with van der Waals surface area (Å²) < 4.78 is 1.97. The van der Waals surface area contributed by atoms with Crippen molar-refractivity contribution in [2.45, 2.75) is 43.9 Å². The third-order valence-electron chi connectivity index (χ3n) is 7.71. The number of rotatable bonds is 4. The third-order valence-corrected chi connectivity index (χ3v) is 7.71.